The number of methoxy groups -OCH3 is 1. The van der Waals surface area contributed by atoms with E-state index in [1.807, 2.05) is 45.0 Å². The molecule has 0 spiro atoms. The molecule has 0 unspecified atom stereocenters. The van der Waals surface area contributed by atoms with Crippen molar-refractivity contribution < 1.29 is 14.3 Å². The number of thioether (sulfide) groups is 1. The van der Waals surface area contributed by atoms with Crippen molar-refractivity contribution in [2.75, 3.05) is 18.2 Å². The summed E-state index contributed by atoms with van der Waals surface area (Å²) in [5.74, 6) is -0.243. The topological polar surface area (TPSA) is 93.2 Å². The molecule has 146 valence electrons. The van der Waals surface area contributed by atoms with Gasteiger partial charge in [-0.15, -0.1) is 10.2 Å². The van der Waals surface area contributed by atoms with Gasteiger partial charge in [0, 0.05) is 5.69 Å². The molecule has 1 aromatic heterocycles. The van der Waals surface area contributed by atoms with Crippen LogP contribution in [0.4, 0.5) is 10.8 Å². The van der Waals surface area contributed by atoms with Gasteiger partial charge in [0.05, 0.1) is 12.9 Å². The summed E-state index contributed by atoms with van der Waals surface area (Å²) in [5, 5.41) is 14.8. The van der Waals surface area contributed by atoms with Gasteiger partial charge in [0.25, 0.3) is 0 Å². The fraction of sp³-hybridized carbons (Fsp3) is 0.444. The maximum absolute atomic E-state index is 12.2. The normalized spacial score (nSPS) is 11.9. The summed E-state index contributed by atoms with van der Waals surface area (Å²) in [4.78, 5) is 24.0. The lowest BCUT2D eigenvalue weighted by Crippen LogP contribution is -2.43. The first-order valence-corrected chi connectivity index (χ1v) is 10.3. The minimum absolute atomic E-state index is 0.157. The van der Waals surface area contributed by atoms with Crippen molar-refractivity contribution in [3.8, 4) is 0 Å². The molecular formula is C18H24N4O3S2. The summed E-state index contributed by atoms with van der Waals surface area (Å²) in [6.07, 6.45) is 0.534. The van der Waals surface area contributed by atoms with Crippen LogP contribution in [0.2, 0.25) is 0 Å². The third kappa shape index (κ3) is 7.18. The standard InChI is InChI=1S/C18H24N4O3S2/c1-11(2)8-14(16(24)25-4)20-15(23)10-26-18-22-21-17(27-18)19-13-7-5-6-12(3)9-13/h5-7,9,11,14H,8,10H2,1-4H3,(H,19,21)(H,20,23)/t14-/m0/s1. The van der Waals surface area contributed by atoms with Crippen LogP contribution < -0.4 is 10.6 Å². The van der Waals surface area contributed by atoms with Crippen molar-refractivity contribution in [3.05, 3.63) is 29.8 Å². The second kappa shape index (κ2) is 10.3. The first-order valence-electron chi connectivity index (χ1n) is 8.54. The molecule has 1 atom stereocenters. The van der Waals surface area contributed by atoms with Crippen LogP contribution in [0.5, 0.6) is 0 Å². The van der Waals surface area contributed by atoms with Crippen molar-refractivity contribution in [3.63, 3.8) is 0 Å². The number of rotatable bonds is 9. The Kier molecular flexibility index (Phi) is 8.05. The van der Waals surface area contributed by atoms with Crippen LogP contribution in [0.3, 0.4) is 0 Å². The minimum Gasteiger partial charge on any atom is -0.467 e. The number of anilines is 2. The van der Waals surface area contributed by atoms with Crippen LogP contribution in [-0.2, 0) is 14.3 Å². The molecule has 7 nitrogen and oxygen atoms in total. The number of carbonyl (C=O) groups excluding carboxylic acids is 2. The molecule has 0 aliphatic rings. The van der Waals surface area contributed by atoms with E-state index in [0.717, 1.165) is 11.3 Å². The lowest BCUT2D eigenvalue weighted by molar-refractivity contribution is -0.145. The van der Waals surface area contributed by atoms with Gasteiger partial charge < -0.3 is 15.4 Å². The Morgan fingerprint density at radius 1 is 1.30 bits per heavy atom. The molecule has 27 heavy (non-hydrogen) atoms. The van der Waals surface area contributed by atoms with Gasteiger partial charge in [-0.3, -0.25) is 4.79 Å². The maximum Gasteiger partial charge on any atom is 0.328 e. The highest BCUT2D eigenvalue weighted by Crippen LogP contribution is 2.27. The predicted molar refractivity (Wildman–Crippen MR) is 108 cm³/mol. The smallest absolute Gasteiger partial charge is 0.328 e. The van der Waals surface area contributed by atoms with Crippen molar-refractivity contribution in [2.45, 2.75) is 37.6 Å². The Bertz CT molecular complexity index is 779. The highest BCUT2D eigenvalue weighted by Gasteiger charge is 2.22. The Hall–Kier alpha value is -2.13. The number of esters is 1. The number of aromatic nitrogens is 2. The van der Waals surface area contributed by atoms with Crippen LogP contribution in [0.25, 0.3) is 0 Å². The van der Waals surface area contributed by atoms with Crippen LogP contribution in [0, 0.1) is 12.8 Å². The van der Waals surface area contributed by atoms with E-state index < -0.39 is 12.0 Å². The molecule has 9 heteroatoms. The van der Waals surface area contributed by atoms with Gasteiger partial charge in [0.15, 0.2) is 4.34 Å². The molecule has 2 rings (SSSR count). The van der Waals surface area contributed by atoms with E-state index >= 15 is 0 Å². The van der Waals surface area contributed by atoms with Crippen LogP contribution in [-0.4, -0.2) is 41.0 Å². The largest absolute Gasteiger partial charge is 0.467 e. The Morgan fingerprint density at radius 2 is 2.07 bits per heavy atom. The average Bonchev–Trinajstić information content (AvgIpc) is 3.05. The highest BCUT2D eigenvalue weighted by atomic mass is 32.2. The Balaban J connectivity index is 1.86. The van der Waals surface area contributed by atoms with Gasteiger partial charge in [-0.05, 0) is 37.0 Å². The molecule has 0 fully saturated rings. The molecule has 2 N–H and O–H groups in total. The van der Waals surface area contributed by atoms with Crippen LogP contribution in [0.1, 0.15) is 25.8 Å². The summed E-state index contributed by atoms with van der Waals surface area (Å²) in [6.45, 7) is 5.99. The minimum atomic E-state index is -0.629. The second-order valence-electron chi connectivity index (χ2n) is 6.43. The van der Waals surface area contributed by atoms with E-state index in [0.29, 0.717) is 15.9 Å². The summed E-state index contributed by atoms with van der Waals surface area (Å²) in [5.41, 5.74) is 2.09. The van der Waals surface area contributed by atoms with Gasteiger partial charge in [-0.1, -0.05) is 49.1 Å². The molecular weight excluding hydrogens is 384 g/mol. The molecule has 1 aromatic carbocycles. The molecule has 1 amide bonds. The first kappa shape index (κ1) is 21.2. The fourth-order valence-corrected chi connectivity index (χ4v) is 3.94. The van der Waals surface area contributed by atoms with E-state index in [1.54, 1.807) is 0 Å². The summed E-state index contributed by atoms with van der Waals surface area (Å²) >= 11 is 2.66. The Labute approximate surface area is 167 Å². The number of amides is 1. The number of hydrogen-bond donors (Lipinski definition) is 2. The van der Waals surface area contributed by atoms with Gasteiger partial charge in [0.1, 0.15) is 6.04 Å². The molecule has 0 saturated carbocycles. The fourth-order valence-electron chi connectivity index (χ4n) is 2.36. The molecule has 0 aliphatic carbocycles. The van der Waals surface area contributed by atoms with Crippen molar-refractivity contribution in [1.82, 2.24) is 15.5 Å². The molecule has 1 heterocycles. The number of hydrogen-bond acceptors (Lipinski definition) is 8. The van der Waals surface area contributed by atoms with Crippen LogP contribution in [0.15, 0.2) is 28.6 Å². The predicted octanol–water partition coefficient (Wildman–Crippen LogP) is 3.39. The average molecular weight is 409 g/mol. The first-order chi connectivity index (χ1) is 12.9. The molecule has 0 bridgehead atoms. The highest BCUT2D eigenvalue weighted by molar-refractivity contribution is 8.01. The molecule has 2 aromatic rings. The summed E-state index contributed by atoms with van der Waals surface area (Å²) in [7, 11) is 1.32. The van der Waals surface area contributed by atoms with E-state index in [2.05, 4.69) is 20.8 Å². The third-order valence-electron chi connectivity index (χ3n) is 3.53. The van der Waals surface area contributed by atoms with Gasteiger partial charge in [-0.2, -0.15) is 0 Å². The molecule has 0 saturated heterocycles. The number of ether oxygens (including phenoxy) is 1. The van der Waals surface area contributed by atoms with E-state index in [1.165, 1.54) is 30.2 Å². The number of nitrogens with one attached hydrogen (secondary N) is 2. The SMILES string of the molecule is COC(=O)[C@H](CC(C)C)NC(=O)CSc1nnc(Nc2cccc(C)c2)s1. The second-order valence-corrected chi connectivity index (χ2v) is 8.63. The lowest BCUT2D eigenvalue weighted by Gasteiger charge is -2.17. The van der Waals surface area contributed by atoms with Gasteiger partial charge in [0.2, 0.25) is 11.0 Å². The summed E-state index contributed by atoms with van der Waals surface area (Å²) in [6, 6.07) is 7.33. The zero-order valence-electron chi connectivity index (χ0n) is 15.8. The number of nitrogens with zero attached hydrogens (tertiary/aromatic N) is 2. The van der Waals surface area contributed by atoms with E-state index in [-0.39, 0.29) is 17.6 Å². The van der Waals surface area contributed by atoms with Gasteiger partial charge >= 0.3 is 5.97 Å². The quantitative estimate of drug-likeness (QED) is 0.485. The third-order valence-corrected chi connectivity index (χ3v) is 5.50. The van der Waals surface area contributed by atoms with E-state index in [9.17, 15) is 9.59 Å². The van der Waals surface area contributed by atoms with Crippen molar-refractivity contribution >= 4 is 45.8 Å². The number of carbonyl (C=O) groups is 2. The summed E-state index contributed by atoms with van der Waals surface area (Å²) < 4.78 is 5.44. The van der Waals surface area contributed by atoms with Crippen LogP contribution >= 0.6 is 23.1 Å². The van der Waals surface area contributed by atoms with Gasteiger partial charge in [-0.25, -0.2) is 4.79 Å². The van der Waals surface area contributed by atoms with Crippen molar-refractivity contribution in [1.29, 1.82) is 0 Å². The molecule has 0 aliphatic heterocycles. The zero-order valence-corrected chi connectivity index (χ0v) is 17.4. The number of aryl methyl sites for hydroxylation is 1. The lowest BCUT2D eigenvalue weighted by atomic mass is 10.0. The number of benzene rings is 1. The monoisotopic (exact) mass is 408 g/mol. The zero-order chi connectivity index (χ0) is 19.8. The molecule has 0 radical (unpaired) electrons. The maximum atomic E-state index is 12.2. The Morgan fingerprint density at radius 3 is 2.74 bits per heavy atom. The van der Waals surface area contributed by atoms with E-state index in [4.69, 9.17) is 4.74 Å². The van der Waals surface area contributed by atoms with Crippen molar-refractivity contribution in [2.24, 2.45) is 5.92 Å².